The van der Waals surface area contributed by atoms with Gasteiger partial charge in [-0.1, -0.05) is 42.5 Å². The Labute approximate surface area is 85.4 Å². The fourth-order valence-electron chi connectivity index (χ4n) is 2.04. The zero-order valence-electron chi connectivity index (χ0n) is 8.52. The van der Waals surface area contributed by atoms with Crippen molar-refractivity contribution >= 4 is 0 Å². The van der Waals surface area contributed by atoms with Gasteiger partial charge in [-0.2, -0.15) is 0 Å². The van der Waals surface area contributed by atoms with E-state index >= 15 is 0 Å². The van der Waals surface area contributed by atoms with Gasteiger partial charge in [-0.05, 0) is 18.9 Å². The predicted octanol–water partition coefficient (Wildman–Crippen LogP) is 3.34. The lowest BCUT2D eigenvalue weighted by Crippen LogP contribution is -2.04. The number of hydrogen-bond acceptors (Lipinski definition) is 1. The summed E-state index contributed by atoms with van der Waals surface area (Å²) in [6.07, 6.45) is 5.79. The van der Waals surface area contributed by atoms with Crippen molar-refractivity contribution in [2.45, 2.75) is 19.4 Å². The minimum atomic E-state index is 0.271. The molecule has 0 radical (unpaired) electrons. The van der Waals surface area contributed by atoms with Crippen molar-refractivity contribution in [2.24, 2.45) is 5.92 Å². The highest BCUT2D eigenvalue weighted by molar-refractivity contribution is 5.20. The maximum Gasteiger partial charge on any atom is 0.0888 e. The van der Waals surface area contributed by atoms with Gasteiger partial charge in [-0.25, -0.2) is 0 Å². The maximum absolute atomic E-state index is 5.75. The largest absolute Gasteiger partial charge is 0.373 e. The minimum Gasteiger partial charge on any atom is -0.373 e. The molecule has 1 heterocycles. The van der Waals surface area contributed by atoms with Gasteiger partial charge in [0.25, 0.3) is 0 Å². The zero-order chi connectivity index (χ0) is 9.80. The molecule has 2 atom stereocenters. The van der Waals surface area contributed by atoms with Crippen LogP contribution >= 0.6 is 0 Å². The Morgan fingerprint density at radius 2 is 2.07 bits per heavy atom. The molecular formula is C13H16O. The third kappa shape index (κ3) is 1.88. The Morgan fingerprint density at radius 3 is 2.79 bits per heavy atom. The Bertz CT molecular complexity index is 302. The lowest BCUT2D eigenvalue weighted by molar-refractivity contribution is 0.0995. The molecule has 1 saturated heterocycles. The van der Waals surface area contributed by atoms with Gasteiger partial charge in [-0.3, -0.25) is 0 Å². The molecule has 74 valence electrons. The summed E-state index contributed by atoms with van der Waals surface area (Å²) in [5.41, 5.74) is 1.30. The Balaban J connectivity index is 2.18. The molecule has 1 fully saturated rings. The van der Waals surface area contributed by atoms with Crippen LogP contribution in [0.1, 0.15) is 25.0 Å². The van der Waals surface area contributed by atoms with Crippen LogP contribution in [0.4, 0.5) is 0 Å². The number of hydrogen-bond donors (Lipinski definition) is 0. The Kier molecular flexibility index (Phi) is 3.00. The number of allylic oxidation sites excluding steroid dienone is 1. The smallest absolute Gasteiger partial charge is 0.0888 e. The molecule has 0 unspecified atom stereocenters. The molecule has 0 saturated carbocycles. The maximum atomic E-state index is 5.75. The molecule has 1 nitrogen and oxygen atoms in total. The molecule has 0 spiro atoms. The van der Waals surface area contributed by atoms with E-state index in [1.165, 1.54) is 5.56 Å². The summed E-state index contributed by atoms with van der Waals surface area (Å²) in [5.74, 6) is 0.558. The van der Waals surface area contributed by atoms with Crippen LogP contribution in [0.5, 0.6) is 0 Å². The first-order valence-electron chi connectivity index (χ1n) is 5.21. The van der Waals surface area contributed by atoms with Gasteiger partial charge in [-0.15, -0.1) is 0 Å². The van der Waals surface area contributed by atoms with E-state index in [0.717, 1.165) is 13.0 Å². The van der Waals surface area contributed by atoms with Crippen molar-refractivity contribution in [1.82, 2.24) is 0 Å². The fraction of sp³-hybridized carbons (Fsp3) is 0.385. The summed E-state index contributed by atoms with van der Waals surface area (Å²) in [6, 6.07) is 10.5. The van der Waals surface area contributed by atoms with Crippen LogP contribution in [0.3, 0.4) is 0 Å². The number of rotatable bonds is 2. The van der Waals surface area contributed by atoms with Gasteiger partial charge >= 0.3 is 0 Å². The Morgan fingerprint density at radius 1 is 1.29 bits per heavy atom. The fourth-order valence-corrected chi connectivity index (χ4v) is 2.04. The van der Waals surface area contributed by atoms with Crippen LogP contribution < -0.4 is 0 Å². The summed E-state index contributed by atoms with van der Waals surface area (Å²) >= 11 is 0. The quantitative estimate of drug-likeness (QED) is 0.647. The molecule has 1 aliphatic heterocycles. The molecule has 0 aromatic heterocycles. The molecule has 1 aliphatic rings. The SMILES string of the molecule is C/C=C/[C@@H]1CCO[C@H]1c1ccccc1. The van der Waals surface area contributed by atoms with Crippen LogP contribution in [-0.2, 0) is 4.74 Å². The van der Waals surface area contributed by atoms with E-state index in [1.807, 2.05) is 6.07 Å². The second kappa shape index (κ2) is 4.43. The van der Waals surface area contributed by atoms with E-state index in [1.54, 1.807) is 0 Å². The average molecular weight is 188 g/mol. The van der Waals surface area contributed by atoms with E-state index in [2.05, 4.69) is 43.3 Å². The normalized spacial score (nSPS) is 27.2. The van der Waals surface area contributed by atoms with E-state index in [0.29, 0.717) is 5.92 Å². The van der Waals surface area contributed by atoms with Gasteiger partial charge in [0.15, 0.2) is 0 Å². The highest BCUT2D eigenvalue weighted by atomic mass is 16.5. The molecule has 1 heteroatoms. The number of benzene rings is 1. The third-order valence-electron chi connectivity index (χ3n) is 2.71. The number of ether oxygens (including phenoxy) is 1. The highest BCUT2D eigenvalue weighted by Crippen LogP contribution is 2.35. The van der Waals surface area contributed by atoms with Crippen molar-refractivity contribution < 1.29 is 4.74 Å². The van der Waals surface area contributed by atoms with E-state index in [-0.39, 0.29) is 6.10 Å². The summed E-state index contributed by atoms with van der Waals surface area (Å²) in [5, 5.41) is 0. The van der Waals surface area contributed by atoms with Gasteiger partial charge in [0.1, 0.15) is 0 Å². The van der Waals surface area contributed by atoms with Crippen LogP contribution in [0, 0.1) is 5.92 Å². The lowest BCUT2D eigenvalue weighted by atomic mass is 9.95. The molecule has 0 N–H and O–H groups in total. The topological polar surface area (TPSA) is 9.23 Å². The van der Waals surface area contributed by atoms with Crippen LogP contribution in [0.25, 0.3) is 0 Å². The molecule has 14 heavy (non-hydrogen) atoms. The standard InChI is InChI=1S/C13H16O/c1-2-6-11-9-10-14-13(11)12-7-4-3-5-8-12/h2-8,11,13H,9-10H2,1H3/b6-2+/t11-,13-/m1/s1. The van der Waals surface area contributed by atoms with Gasteiger partial charge in [0.2, 0.25) is 0 Å². The first-order chi connectivity index (χ1) is 6.92. The van der Waals surface area contributed by atoms with Crippen LogP contribution in [0.15, 0.2) is 42.5 Å². The zero-order valence-corrected chi connectivity index (χ0v) is 8.52. The lowest BCUT2D eigenvalue weighted by Gasteiger charge is -2.15. The average Bonchev–Trinajstić information content (AvgIpc) is 2.68. The molecule has 1 aromatic rings. The van der Waals surface area contributed by atoms with E-state index in [9.17, 15) is 0 Å². The van der Waals surface area contributed by atoms with Crippen molar-refractivity contribution in [3.05, 3.63) is 48.0 Å². The highest BCUT2D eigenvalue weighted by Gasteiger charge is 2.26. The monoisotopic (exact) mass is 188 g/mol. The van der Waals surface area contributed by atoms with Crippen LogP contribution in [0.2, 0.25) is 0 Å². The molecule has 1 aromatic carbocycles. The Hall–Kier alpha value is -1.08. The first kappa shape index (κ1) is 9.47. The van der Waals surface area contributed by atoms with Crippen molar-refractivity contribution in [1.29, 1.82) is 0 Å². The predicted molar refractivity (Wildman–Crippen MR) is 58.1 cm³/mol. The van der Waals surface area contributed by atoms with Crippen molar-refractivity contribution in [3.8, 4) is 0 Å². The molecular weight excluding hydrogens is 172 g/mol. The van der Waals surface area contributed by atoms with E-state index < -0.39 is 0 Å². The summed E-state index contributed by atoms with van der Waals surface area (Å²) in [6.45, 7) is 2.95. The molecule has 2 rings (SSSR count). The summed E-state index contributed by atoms with van der Waals surface area (Å²) < 4.78 is 5.75. The molecule has 0 aliphatic carbocycles. The van der Waals surface area contributed by atoms with Gasteiger partial charge < -0.3 is 4.74 Å². The van der Waals surface area contributed by atoms with E-state index in [4.69, 9.17) is 4.74 Å². The molecule has 0 bridgehead atoms. The second-order valence-electron chi connectivity index (χ2n) is 3.68. The second-order valence-corrected chi connectivity index (χ2v) is 3.68. The summed E-state index contributed by atoms with van der Waals surface area (Å²) in [7, 11) is 0. The van der Waals surface area contributed by atoms with Crippen LogP contribution in [-0.4, -0.2) is 6.61 Å². The van der Waals surface area contributed by atoms with Gasteiger partial charge in [0, 0.05) is 12.5 Å². The third-order valence-corrected chi connectivity index (χ3v) is 2.71. The first-order valence-corrected chi connectivity index (χ1v) is 5.21. The van der Waals surface area contributed by atoms with Crippen molar-refractivity contribution in [2.75, 3.05) is 6.61 Å². The minimum absolute atomic E-state index is 0.271. The molecule has 0 amide bonds. The van der Waals surface area contributed by atoms with Crippen molar-refractivity contribution in [3.63, 3.8) is 0 Å². The summed E-state index contributed by atoms with van der Waals surface area (Å²) in [4.78, 5) is 0. The van der Waals surface area contributed by atoms with Gasteiger partial charge in [0.05, 0.1) is 6.10 Å².